The molecule has 0 saturated heterocycles. The molecule has 0 heteroatoms. The van der Waals surface area contributed by atoms with E-state index in [1.807, 2.05) is 0 Å². The first-order chi connectivity index (χ1) is 27.8. The lowest BCUT2D eigenvalue weighted by molar-refractivity contribution is 0.634. The Hall–Kier alpha value is -7.02. The van der Waals surface area contributed by atoms with Gasteiger partial charge in [-0.25, -0.2) is 0 Å². The summed E-state index contributed by atoms with van der Waals surface area (Å²) in [5, 5.41) is 0. The van der Waals surface area contributed by atoms with Crippen molar-refractivity contribution in [2.45, 2.75) is 10.8 Å². The van der Waals surface area contributed by atoms with Crippen LogP contribution < -0.4 is 0 Å². The van der Waals surface area contributed by atoms with Crippen LogP contribution in [0.3, 0.4) is 0 Å². The van der Waals surface area contributed by atoms with E-state index in [0.717, 1.165) is 0 Å². The van der Waals surface area contributed by atoms with E-state index in [1.165, 1.54) is 100 Å². The second-order valence-corrected chi connectivity index (χ2v) is 15.4. The minimum atomic E-state index is -0.536. The van der Waals surface area contributed by atoms with Gasteiger partial charge in [0.25, 0.3) is 0 Å². The minimum absolute atomic E-state index is 0.499. The van der Waals surface area contributed by atoms with Gasteiger partial charge in [-0.2, -0.15) is 0 Å². The van der Waals surface area contributed by atoms with Gasteiger partial charge in [0.2, 0.25) is 0 Å². The standard InChI is InChI=1S/C56H36/c1-2-17-37(18-3-1)40-19-4-5-20-41(40)38-33-35-39(36-34-38)42-25-16-32-53-54(42)56(49-28-12-8-23-45(49)46-24-9-13-29-50(46)56)52-31-15-14-30-51(52)55(53)47-26-10-6-21-43(47)44-22-7-11-27-48(44)55/h1-36H. The number of fused-ring (bicyclic) bond motifs is 16. The molecular formula is C56H36. The Bertz CT molecular complexity index is 2930. The van der Waals surface area contributed by atoms with Gasteiger partial charge in [0.05, 0.1) is 10.8 Å². The zero-order valence-corrected chi connectivity index (χ0v) is 30.8. The third kappa shape index (κ3) is 3.93. The lowest BCUT2D eigenvalue weighted by Crippen LogP contribution is -2.44. The predicted molar refractivity (Wildman–Crippen MR) is 231 cm³/mol. The molecule has 3 aliphatic rings. The summed E-state index contributed by atoms with van der Waals surface area (Å²) >= 11 is 0. The summed E-state index contributed by atoms with van der Waals surface area (Å²) in [6.45, 7) is 0. The fourth-order valence-corrected chi connectivity index (χ4v) is 11.0. The molecule has 0 atom stereocenters. The topological polar surface area (TPSA) is 0 Å². The summed E-state index contributed by atoms with van der Waals surface area (Å²) in [6, 6.07) is 82.0. The Morgan fingerprint density at radius 1 is 0.179 bits per heavy atom. The first-order valence-electron chi connectivity index (χ1n) is 19.7. The van der Waals surface area contributed by atoms with Gasteiger partial charge in [-0.1, -0.05) is 218 Å². The highest BCUT2D eigenvalue weighted by Crippen LogP contribution is 2.68. The van der Waals surface area contributed by atoms with Crippen LogP contribution in [0.15, 0.2) is 218 Å². The normalized spacial score (nSPS) is 14.4. The molecule has 0 N–H and O–H groups in total. The maximum absolute atomic E-state index is 2.45. The summed E-state index contributed by atoms with van der Waals surface area (Å²) in [6.07, 6.45) is 0. The van der Waals surface area contributed by atoms with Crippen molar-refractivity contribution in [3.8, 4) is 55.6 Å². The smallest absolute Gasteiger partial charge is 0.0622 e. The van der Waals surface area contributed by atoms with Crippen LogP contribution in [-0.2, 0) is 10.8 Å². The third-order valence-corrected chi connectivity index (χ3v) is 13.0. The van der Waals surface area contributed by atoms with E-state index in [2.05, 4.69) is 218 Å². The number of rotatable bonds is 3. The molecule has 9 aromatic carbocycles. The molecule has 0 bridgehead atoms. The lowest BCUT2D eigenvalue weighted by atomic mass is 9.51. The Morgan fingerprint density at radius 2 is 0.482 bits per heavy atom. The van der Waals surface area contributed by atoms with Crippen molar-refractivity contribution >= 4 is 0 Å². The zero-order chi connectivity index (χ0) is 36.8. The number of hydrogen-bond acceptors (Lipinski definition) is 0. The first kappa shape index (κ1) is 31.3. The molecule has 0 fully saturated rings. The van der Waals surface area contributed by atoms with Crippen LogP contribution in [0.1, 0.15) is 44.5 Å². The number of benzene rings is 9. The van der Waals surface area contributed by atoms with Crippen LogP contribution in [0.25, 0.3) is 55.6 Å². The molecule has 12 rings (SSSR count). The fraction of sp³-hybridized carbons (Fsp3) is 0.0357. The largest absolute Gasteiger partial charge is 0.0725 e. The van der Waals surface area contributed by atoms with Gasteiger partial charge in [0.15, 0.2) is 0 Å². The summed E-state index contributed by atoms with van der Waals surface area (Å²) in [5.41, 5.74) is 22.5. The van der Waals surface area contributed by atoms with Gasteiger partial charge in [-0.05, 0) is 100 Å². The molecule has 0 unspecified atom stereocenters. The Kier molecular flexibility index (Phi) is 6.57. The van der Waals surface area contributed by atoms with Gasteiger partial charge in [-0.3, -0.25) is 0 Å². The van der Waals surface area contributed by atoms with Crippen LogP contribution in [-0.4, -0.2) is 0 Å². The van der Waals surface area contributed by atoms with E-state index >= 15 is 0 Å². The average molecular weight is 709 g/mol. The van der Waals surface area contributed by atoms with Crippen molar-refractivity contribution in [2.24, 2.45) is 0 Å². The van der Waals surface area contributed by atoms with E-state index < -0.39 is 10.8 Å². The SMILES string of the molecule is c1ccc(-c2ccccc2-c2ccc(-c3cccc4c3C3(c5ccccc5-c5ccccc53)c3ccccc3C43c4ccccc4-c4ccccc43)cc2)cc1. The van der Waals surface area contributed by atoms with Crippen molar-refractivity contribution in [3.05, 3.63) is 263 Å². The first-order valence-corrected chi connectivity index (χ1v) is 19.7. The molecule has 0 saturated carbocycles. The van der Waals surface area contributed by atoms with Crippen molar-refractivity contribution < 1.29 is 0 Å². The fourth-order valence-electron chi connectivity index (χ4n) is 11.0. The summed E-state index contributed by atoms with van der Waals surface area (Å²) in [7, 11) is 0. The van der Waals surface area contributed by atoms with Crippen molar-refractivity contribution in [1.29, 1.82) is 0 Å². The average Bonchev–Trinajstić information content (AvgIpc) is 3.74. The van der Waals surface area contributed by atoms with E-state index in [0.29, 0.717) is 0 Å². The third-order valence-electron chi connectivity index (χ3n) is 13.0. The highest BCUT2D eigenvalue weighted by Gasteiger charge is 2.59. The van der Waals surface area contributed by atoms with Crippen LogP contribution >= 0.6 is 0 Å². The second kappa shape index (κ2) is 11.7. The lowest BCUT2D eigenvalue weighted by Gasteiger charge is -2.49. The van der Waals surface area contributed by atoms with Crippen molar-refractivity contribution in [2.75, 3.05) is 0 Å². The highest BCUT2D eigenvalue weighted by atomic mass is 14.6. The van der Waals surface area contributed by atoms with Crippen LogP contribution in [0.4, 0.5) is 0 Å². The highest BCUT2D eigenvalue weighted by molar-refractivity contribution is 5.96. The monoisotopic (exact) mass is 708 g/mol. The second-order valence-electron chi connectivity index (χ2n) is 15.4. The van der Waals surface area contributed by atoms with E-state index in [4.69, 9.17) is 0 Å². The molecule has 0 radical (unpaired) electrons. The molecule has 3 aliphatic carbocycles. The predicted octanol–water partition coefficient (Wildman–Crippen LogP) is 13.7. The summed E-state index contributed by atoms with van der Waals surface area (Å²) in [4.78, 5) is 0. The van der Waals surface area contributed by atoms with E-state index in [-0.39, 0.29) is 0 Å². The van der Waals surface area contributed by atoms with Crippen LogP contribution in [0.5, 0.6) is 0 Å². The van der Waals surface area contributed by atoms with Crippen LogP contribution in [0.2, 0.25) is 0 Å². The van der Waals surface area contributed by atoms with Gasteiger partial charge in [-0.15, -0.1) is 0 Å². The molecule has 56 heavy (non-hydrogen) atoms. The number of hydrogen-bond donors (Lipinski definition) is 0. The molecule has 0 aromatic heterocycles. The van der Waals surface area contributed by atoms with Gasteiger partial charge in [0, 0.05) is 0 Å². The molecule has 0 nitrogen and oxygen atoms in total. The Labute approximate surface area is 328 Å². The molecule has 0 aliphatic heterocycles. The molecule has 0 heterocycles. The van der Waals surface area contributed by atoms with Crippen LogP contribution in [0, 0.1) is 0 Å². The van der Waals surface area contributed by atoms with Gasteiger partial charge >= 0.3 is 0 Å². The quantitative estimate of drug-likeness (QED) is 0.171. The van der Waals surface area contributed by atoms with Crippen molar-refractivity contribution in [3.63, 3.8) is 0 Å². The Balaban J connectivity index is 1.20. The van der Waals surface area contributed by atoms with Crippen molar-refractivity contribution in [1.82, 2.24) is 0 Å². The molecular weight excluding hydrogens is 673 g/mol. The van der Waals surface area contributed by atoms with Gasteiger partial charge < -0.3 is 0 Å². The maximum Gasteiger partial charge on any atom is 0.0725 e. The Morgan fingerprint density at radius 3 is 0.964 bits per heavy atom. The minimum Gasteiger partial charge on any atom is -0.0622 e. The summed E-state index contributed by atoms with van der Waals surface area (Å²) in [5.74, 6) is 0. The van der Waals surface area contributed by atoms with Gasteiger partial charge in [0.1, 0.15) is 0 Å². The molecule has 260 valence electrons. The van der Waals surface area contributed by atoms with E-state index in [1.54, 1.807) is 0 Å². The van der Waals surface area contributed by atoms with E-state index in [9.17, 15) is 0 Å². The maximum atomic E-state index is 2.45. The molecule has 0 amide bonds. The zero-order valence-electron chi connectivity index (χ0n) is 30.8. The molecule has 9 aromatic rings. The molecule has 2 spiro atoms. The summed E-state index contributed by atoms with van der Waals surface area (Å²) < 4.78 is 0.